The minimum absolute atomic E-state index is 0.0446. The summed E-state index contributed by atoms with van der Waals surface area (Å²) >= 11 is 0. The Morgan fingerprint density at radius 2 is 2.29 bits per heavy atom. The lowest BCUT2D eigenvalue weighted by Crippen LogP contribution is -2.16. The van der Waals surface area contributed by atoms with E-state index in [2.05, 4.69) is 22.1 Å². The van der Waals surface area contributed by atoms with Crippen LogP contribution in [-0.4, -0.2) is 27.2 Å². The van der Waals surface area contributed by atoms with Crippen LogP contribution in [0, 0.1) is 18.8 Å². The Kier molecular flexibility index (Phi) is 4.75. The molecule has 0 atom stereocenters. The molecular weight excluding hydrogens is 266 g/mol. The van der Waals surface area contributed by atoms with E-state index in [-0.39, 0.29) is 12.5 Å². The molecule has 0 unspecified atom stereocenters. The van der Waals surface area contributed by atoms with Crippen LogP contribution in [0.2, 0.25) is 0 Å². The highest BCUT2D eigenvalue weighted by Gasteiger charge is 2.11. The van der Waals surface area contributed by atoms with Crippen LogP contribution in [0.15, 0.2) is 30.7 Å². The molecule has 0 aliphatic rings. The maximum atomic E-state index is 12.2. The Hall–Kier alpha value is -2.58. The van der Waals surface area contributed by atoms with Crippen molar-refractivity contribution in [3.8, 4) is 11.8 Å². The summed E-state index contributed by atoms with van der Waals surface area (Å²) in [5.41, 5.74) is 2.97. The SMILES string of the molecule is Cc1ccc(C#CCCO)cc1NC(=O)c1cncn1C. The molecule has 0 spiro atoms. The van der Waals surface area contributed by atoms with Gasteiger partial charge in [0, 0.05) is 24.7 Å². The highest BCUT2D eigenvalue weighted by Crippen LogP contribution is 2.17. The number of anilines is 1. The van der Waals surface area contributed by atoms with Crippen molar-refractivity contribution in [1.29, 1.82) is 0 Å². The van der Waals surface area contributed by atoms with Crippen molar-refractivity contribution >= 4 is 11.6 Å². The zero-order chi connectivity index (χ0) is 15.2. The second kappa shape index (κ2) is 6.73. The third-order valence-electron chi connectivity index (χ3n) is 3.00. The number of aliphatic hydroxyl groups is 1. The van der Waals surface area contributed by atoms with Gasteiger partial charge in [-0.25, -0.2) is 4.98 Å². The van der Waals surface area contributed by atoms with Crippen LogP contribution >= 0.6 is 0 Å². The van der Waals surface area contributed by atoms with Crippen molar-refractivity contribution in [1.82, 2.24) is 9.55 Å². The van der Waals surface area contributed by atoms with Crippen molar-refractivity contribution in [3.63, 3.8) is 0 Å². The lowest BCUT2D eigenvalue weighted by atomic mass is 10.1. The van der Waals surface area contributed by atoms with Gasteiger partial charge in [0.2, 0.25) is 0 Å². The van der Waals surface area contributed by atoms with E-state index in [4.69, 9.17) is 5.11 Å². The highest BCUT2D eigenvalue weighted by atomic mass is 16.2. The monoisotopic (exact) mass is 283 g/mol. The van der Waals surface area contributed by atoms with Crippen molar-refractivity contribution < 1.29 is 9.90 Å². The number of hydrogen-bond acceptors (Lipinski definition) is 3. The third kappa shape index (κ3) is 3.71. The molecule has 1 amide bonds. The van der Waals surface area contributed by atoms with E-state index >= 15 is 0 Å². The van der Waals surface area contributed by atoms with Gasteiger partial charge in [-0.1, -0.05) is 17.9 Å². The molecule has 0 saturated carbocycles. The van der Waals surface area contributed by atoms with Gasteiger partial charge in [0.25, 0.3) is 5.91 Å². The van der Waals surface area contributed by atoms with Crippen LogP contribution in [0.5, 0.6) is 0 Å². The molecule has 0 aliphatic heterocycles. The summed E-state index contributed by atoms with van der Waals surface area (Å²) in [6.07, 6.45) is 3.54. The van der Waals surface area contributed by atoms with E-state index < -0.39 is 0 Å². The van der Waals surface area contributed by atoms with Crippen LogP contribution in [0.3, 0.4) is 0 Å². The van der Waals surface area contributed by atoms with Gasteiger partial charge in [-0.3, -0.25) is 4.79 Å². The van der Waals surface area contributed by atoms with Gasteiger partial charge in [0.15, 0.2) is 0 Å². The topological polar surface area (TPSA) is 67.2 Å². The Balaban J connectivity index is 2.20. The van der Waals surface area contributed by atoms with Crippen molar-refractivity contribution in [2.24, 2.45) is 7.05 Å². The lowest BCUT2D eigenvalue weighted by molar-refractivity contribution is 0.101. The summed E-state index contributed by atoms with van der Waals surface area (Å²) in [6, 6.07) is 5.62. The first-order valence-electron chi connectivity index (χ1n) is 6.60. The number of hydrogen-bond donors (Lipinski definition) is 2. The minimum atomic E-state index is -0.210. The number of aliphatic hydroxyl groups excluding tert-OH is 1. The fourth-order valence-electron chi connectivity index (χ4n) is 1.82. The molecule has 108 valence electrons. The van der Waals surface area contributed by atoms with Gasteiger partial charge in [-0.05, 0) is 24.6 Å². The number of nitrogens with zero attached hydrogens (tertiary/aromatic N) is 2. The predicted octanol–water partition coefficient (Wildman–Crippen LogP) is 1.71. The normalized spacial score (nSPS) is 9.86. The van der Waals surface area contributed by atoms with Crippen LogP contribution in [0.25, 0.3) is 0 Å². The first-order chi connectivity index (χ1) is 10.1. The molecular formula is C16H17N3O2. The first-order valence-corrected chi connectivity index (χ1v) is 6.60. The number of benzene rings is 1. The number of carbonyl (C=O) groups is 1. The largest absolute Gasteiger partial charge is 0.395 e. The summed E-state index contributed by atoms with van der Waals surface area (Å²) in [7, 11) is 1.77. The molecule has 0 bridgehead atoms. The van der Waals surface area contributed by atoms with Crippen molar-refractivity contribution in [3.05, 3.63) is 47.5 Å². The molecule has 5 heteroatoms. The quantitative estimate of drug-likeness (QED) is 0.843. The Bertz CT molecular complexity index is 708. The second-order valence-corrected chi connectivity index (χ2v) is 4.65. The zero-order valence-corrected chi connectivity index (χ0v) is 12.1. The van der Waals surface area contributed by atoms with E-state index in [9.17, 15) is 4.79 Å². The molecule has 1 heterocycles. The molecule has 2 N–H and O–H groups in total. The van der Waals surface area contributed by atoms with Crippen molar-refractivity contribution in [2.45, 2.75) is 13.3 Å². The number of imidazole rings is 1. The number of aromatic nitrogens is 2. The number of amides is 1. The Morgan fingerprint density at radius 1 is 1.48 bits per heavy atom. The zero-order valence-electron chi connectivity index (χ0n) is 12.1. The predicted molar refractivity (Wildman–Crippen MR) is 80.9 cm³/mol. The molecule has 0 aliphatic carbocycles. The average Bonchev–Trinajstić information content (AvgIpc) is 2.89. The summed E-state index contributed by atoms with van der Waals surface area (Å²) in [5, 5.41) is 11.6. The molecule has 0 saturated heterocycles. The van der Waals surface area contributed by atoms with Gasteiger partial charge in [0.05, 0.1) is 19.1 Å². The molecule has 21 heavy (non-hydrogen) atoms. The van der Waals surface area contributed by atoms with E-state index in [0.717, 1.165) is 16.8 Å². The van der Waals surface area contributed by atoms with Crippen LogP contribution in [-0.2, 0) is 7.05 Å². The molecule has 2 aromatic rings. The Labute approximate surface area is 123 Å². The van der Waals surface area contributed by atoms with E-state index in [1.54, 1.807) is 17.9 Å². The lowest BCUT2D eigenvalue weighted by Gasteiger charge is -2.09. The fraction of sp³-hybridized carbons (Fsp3) is 0.250. The van der Waals surface area contributed by atoms with Gasteiger partial charge in [0.1, 0.15) is 5.69 Å². The first kappa shape index (κ1) is 14.8. The Morgan fingerprint density at radius 3 is 2.95 bits per heavy atom. The summed E-state index contributed by atoms with van der Waals surface area (Å²) < 4.78 is 1.66. The molecule has 1 aromatic carbocycles. The van der Waals surface area contributed by atoms with E-state index in [1.807, 2.05) is 25.1 Å². The van der Waals surface area contributed by atoms with Crippen LogP contribution in [0.4, 0.5) is 5.69 Å². The summed E-state index contributed by atoms with van der Waals surface area (Å²) in [6.45, 7) is 1.97. The standard InChI is InChI=1S/C16H17N3O2/c1-12-6-7-13(5-3-4-8-20)9-14(12)18-16(21)15-10-17-11-19(15)2/h6-7,9-11,20H,4,8H2,1-2H3,(H,18,21). The van der Waals surface area contributed by atoms with Gasteiger partial charge in [-0.15, -0.1) is 0 Å². The summed E-state index contributed by atoms with van der Waals surface area (Å²) in [4.78, 5) is 16.1. The number of carbonyl (C=O) groups excluding carboxylic acids is 1. The number of rotatable bonds is 3. The maximum absolute atomic E-state index is 12.2. The fourth-order valence-corrected chi connectivity index (χ4v) is 1.82. The molecule has 0 radical (unpaired) electrons. The van der Waals surface area contributed by atoms with Gasteiger partial charge < -0.3 is 15.0 Å². The van der Waals surface area contributed by atoms with Gasteiger partial charge in [-0.2, -0.15) is 0 Å². The third-order valence-corrected chi connectivity index (χ3v) is 3.00. The molecule has 5 nitrogen and oxygen atoms in total. The van der Waals surface area contributed by atoms with E-state index in [0.29, 0.717) is 12.1 Å². The molecule has 2 rings (SSSR count). The number of nitrogens with one attached hydrogen (secondary N) is 1. The maximum Gasteiger partial charge on any atom is 0.273 e. The van der Waals surface area contributed by atoms with Crippen LogP contribution < -0.4 is 5.32 Å². The summed E-state index contributed by atoms with van der Waals surface area (Å²) in [5.74, 6) is 5.61. The smallest absolute Gasteiger partial charge is 0.273 e. The second-order valence-electron chi connectivity index (χ2n) is 4.65. The minimum Gasteiger partial charge on any atom is -0.395 e. The van der Waals surface area contributed by atoms with Crippen LogP contribution in [0.1, 0.15) is 28.0 Å². The number of aryl methyl sites for hydroxylation is 2. The van der Waals surface area contributed by atoms with E-state index in [1.165, 1.54) is 6.20 Å². The molecule has 0 fully saturated rings. The molecule has 1 aromatic heterocycles. The van der Waals surface area contributed by atoms with Crippen molar-refractivity contribution in [2.75, 3.05) is 11.9 Å². The highest BCUT2D eigenvalue weighted by molar-refractivity contribution is 6.03. The average molecular weight is 283 g/mol. The van der Waals surface area contributed by atoms with Gasteiger partial charge >= 0.3 is 0 Å².